The first-order chi connectivity index (χ1) is 8.66. The van der Waals surface area contributed by atoms with Crippen LogP contribution in [-0.2, 0) is 0 Å². The molecule has 1 fully saturated rings. The van der Waals surface area contributed by atoms with Gasteiger partial charge < -0.3 is 11.1 Å². The Morgan fingerprint density at radius 2 is 2.17 bits per heavy atom. The molecule has 3 N–H and O–H groups in total. The van der Waals surface area contributed by atoms with Crippen LogP contribution < -0.4 is 11.1 Å². The number of para-hydroxylation sites is 1. The average molecular weight is 246 g/mol. The summed E-state index contributed by atoms with van der Waals surface area (Å²) in [6.45, 7) is 5.55. The highest BCUT2D eigenvalue weighted by Gasteiger charge is 2.18. The first-order valence-corrected chi connectivity index (χ1v) is 7.25. The van der Waals surface area contributed by atoms with Gasteiger partial charge in [-0.3, -0.25) is 0 Å². The third kappa shape index (κ3) is 3.41. The van der Waals surface area contributed by atoms with Crippen LogP contribution >= 0.6 is 0 Å². The van der Waals surface area contributed by atoms with Gasteiger partial charge in [-0.1, -0.05) is 38.3 Å². The molecule has 1 aliphatic rings. The zero-order valence-electron chi connectivity index (χ0n) is 11.7. The Morgan fingerprint density at radius 3 is 2.89 bits per heavy atom. The molecule has 0 bridgehead atoms. The van der Waals surface area contributed by atoms with Crippen LogP contribution in [0.25, 0.3) is 0 Å². The smallest absolute Gasteiger partial charge is 0.0603 e. The average Bonchev–Trinajstić information content (AvgIpc) is 2.33. The molecule has 2 heteroatoms. The number of aryl methyl sites for hydroxylation is 1. The normalized spacial score (nSPS) is 23.9. The Morgan fingerprint density at radius 1 is 1.33 bits per heavy atom. The van der Waals surface area contributed by atoms with Crippen LogP contribution in [0.5, 0.6) is 0 Å². The molecule has 0 heterocycles. The van der Waals surface area contributed by atoms with Crippen molar-refractivity contribution in [3.8, 4) is 0 Å². The number of nitrogens with two attached hydrogens (primary N) is 1. The zero-order chi connectivity index (χ0) is 13.0. The summed E-state index contributed by atoms with van der Waals surface area (Å²) in [6, 6.07) is 6.10. The van der Waals surface area contributed by atoms with Crippen molar-refractivity contribution in [2.24, 2.45) is 11.8 Å². The van der Waals surface area contributed by atoms with Crippen molar-refractivity contribution in [3.05, 3.63) is 23.8 Å². The maximum absolute atomic E-state index is 6.00. The Bertz CT molecular complexity index is 366. The summed E-state index contributed by atoms with van der Waals surface area (Å²) in [7, 11) is 0. The van der Waals surface area contributed by atoms with Crippen molar-refractivity contribution in [1.82, 2.24) is 0 Å². The molecule has 1 aromatic rings. The number of nitrogens with one attached hydrogen (secondary N) is 1. The van der Waals surface area contributed by atoms with E-state index in [2.05, 4.69) is 25.2 Å². The fraction of sp³-hybridized carbons (Fsp3) is 0.625. The number of anilines is 2. The predicted molar refractivity (Wildman–Crippen MR) is 79.8 cm³/mol. The minimum atomic E-state index is 0.868. The van der Waals surface area contributed by atoms with Crippen molar-refractivity contribution in [2.45, 2.75) is 46.0 Å². The fourth-order valence-corrected chi connectivity index (χ4v) is 3.16. The molecule has 18 heavy (non-hydrogen) atoms. The number of benzene rings is 1. The second-order valence-electron chi connectivity index (χ2n) is 5.89. The molecule has 1 saturated carbocycles. The van der Waals surface area contributed by atoms with Crippen LogP contribution in [0.3, 0.4) is 0 Å². The van der Waals surface area contributed by atoms with Crippen molar-refractivity contribution in [3.63, 3.8) is 0 Å². The van der Waals surface area contributed by atoms with E-state index in [-0.39, 0.29) is 0 Å². The molecule has 2 atom stereocenters. The fourth-order valence-electron chi connectivity index (χ4n) is 3.16. The molecular weight excluding hydrogens is 220 g/mol. The Hall–Kier alpha value is -1.18. The van der Waals surface area contributed by atoms with Crippen LogP contribution in [-0.4, -0.2) is 6.54 Å². The lowest BCUT2D eigenvalue weighted by atomic mass is 9.81. The van der Waals surface area contributed by atoms with Gasteiger partial charge in [-0.05, 0) is 43.2 Å². The summed E-state index contributed by atoms with van der Waals surface area (Å²) < 4.78 is 0. The van der Waals surface area contributed by atoms with E-state index in [1.54, 1.807) is 0 Å². The summed E-state index contributed by atoms with van der Waals surface area (Å²) in [6.07, 6.45) is 6.94. The van der Waals surface area contributed by atoms with Gasteiger partial charge in [-0.25, -0.2) is 0 Å². The number of hydrogen-bond donors (Lipinski definition) is 2. The van der Waals surface area contributed by atoms with Gasteiger partial charge in [0.2, 0.25) is 0 Å². The molecule has 1 aliphatic carbocycles. The monoisotopic (exact) mass is 246 g/mol. The Labute approximate surface area is 111 Å². The standard InChI is InChI=1S/C16H26N2/c1-12-5-3-7-14(11-12)9-10-18-16-13(2)6-4-8-15(16)17/h4,6,8,12,14,18H,3,5,7,9-11,17H2,1-2H3. The van der Waals surface area contributed by atoms with Crippen LogP contribution in [0.1, 0.15) is 44.6 Å². The minimum absolute atomic E-state index is 0.868. The van der Waals surface area contributed by atoms with E-state index in [9.17, 15) is 0 Å². The first kappa shape index (κ1) is 13.3. The highest BCUT2D eigenvalue weighted by Crippen LogP contribution is 2.31. The summed E-state index contributed by atoms with van der Waals surface area (Å²) >= 11 is 0. The Kier molecular flexibility index (Phi) is 4.51. The van der Waals surface area contributed by atoms with Crippen molar-refractivity contribution in [2.75, 3.05) is 17.6 Å². The van der Waals surface area contributed by atoms with E-state index < -0.39 is 0 Å². The number of nitrogen functional groups attached to an aromatic ring is 1. The summed E-state index contributed by atoms with van der Waals surface area (Å²) in [5.41, 5.74) is 9.24. The molecule has 0 aromatic heterocycles. The molecule has 2 rings (SSSR count). The predicted octanol–water partition coefficient (Wildman–Crippen LogP) is 4.21. The van der Waals surface area contributed by atoms with Crippen molar-refractivity contribution in [1.29, 1.82) is 0 Å². The highest BCUT2D eigenvalue weighted by molar-refractivity contribution is 5.69. The van der Waals surface area contributed by atoms with Gasteiger partial charge >= 0.3 is 0 Å². The minimum Gasteiger partial charge on any atom is -0.397 e. The van der Waals surface area contributed by atoms with Gasteiger partial charge in [0.1, 0.15) is 0 Å². The van der Waals surface area contributed by atoms with Gasteiger partial charge in [-0.2, -0.15) is 0 Å². The van der Waals surface area contributed by atoms with E-state index in [0.717, 1.165) is 29.8 Å². The lowest BCUT2D eigenvalue weighted by molar-refractivity contribution is 0.274. The van der Waals surface area contributed by atoms with Crippen molar-refractivity contribution >= 4 is 11.4 Å². The van der Waals surface area contributed by atoms with Crippen LogP contribution in [0.15, 0.2) is 18.2 Å². The van der Waals surface area contributed by atoms with E-state index in [1.165, 1.54) is 37.7 Å². The van der Waals surface area contributed by atoms with Crippen LogP contribution in [0, 0.1) is 18.8 Å². The van der Waals surface area contributed by atoms with Gasteiger partial charge in [0.25, 0.3) is 0 Å². The molecule has 0 radical (unpaired) electrons. The highest BCUT2D eigenvalue weighted by atomic mass is 14.9. The Balaban J connectivity index is 1.81. The molecule has 0 saturated heterocycles. The maximum Gasteiger partial charge on any atom is 0.0603 e. The molecule has 100 valence electrons. The van der Waals surface area contributed by atoms with Crippen LogP contribution in [0.4, 0.5) is 11.4 Å². The SMILES string of the molecule is Cc1cccc(N)c1NCCC1CCCC(C)C1. The number of rotatable bonds is 4. The maximum atomic E-state index is 6.00. The molecule has 0 amide bonds. The molecule has 0 aliphatic heterocycles. The lowest BCUT2D eigenvalue weighted by Gasteiger charge is -2.27. The van der Waals surface area contributed by atoms with Gasteiger partial charge in [-0.15, -0.1) is 0 Å². The molecule has 2 nitrogen and oxygen atoms in total. The molecule has 2 unspecified atom stereocenters. The van der Waals surface area contributed by atoms with Gasteiger partial charge in [0.05, 0.1) is 11.4 Å². The first-order valence-electron chi connectivity index (χ1n) is 7.25. The lowest BCUT2D eigenvalue weighted by Crippen LogP contribution is -2.17. The van der Waals surface area contributed by atoms with E-state index in [0.29, 0.717) is 0 Å². The summed E-state index contributed by atoms with van der Waals surface area (Å²) in [4.78, 5) is 0. The van der Waals surface area contributed by atoms with Gasteiger partial charge in [0, 0.05) is 6.54 Å². The summed E-state index contributed by atoms with van der Waals surface area (Å²) in [5.74, 6) is 1.83. The number of hydrogen-bond acceptors (Lipinski definition) is 2. The molecular formula is C16H26N2. The topological polar surface area (TPSA) is 38.0 Å². The third-order valence-electron chi connectivity index (χ3n) is 4.20. The summed E-state index contributed by atoms with van der Waals surface area (Å²) in [5, 5.41) is 3.52. The largest absolute Gasteiger partial charge is 0.397 e. The van der Waals surface area contributed by atoms with E-state index in [1.807, 2.05) is 12.1 Å². The third-order valence-corrected chi connectivity index (χ3v) is 4.20. The van der Waals surface area contributed by atoms with Crippen LogP contribution in [0.2, 0.25) is 0 Å². The zero-order valence-corrected chi connectivity index (χ0v) is 11.7. The second kappa shape index (κ2) is 6.12. The quantitative estimate of drug-likeness (QED) is 0.781. The molecule has 1 aromatic carbocycles. The van der Waals surface area contributed by atoms with E-state index >= 15 is 0 Å². The van der Waals surface area contributed by atoms with Crippen molar-refractivity contribution < 1.29 is 0 Å². The second-order valence-corrected chi connectivity index (χ2v) is 5.89. The van der Waals surface area contributed by atoms with E-state index in [4.69, 9.17) is 5.73 Å². The molecule has 0 spiro atoms. The van der Waals surface area contributed by atoms with Gasteiger partial charge in [0.15, 0.2) is 0 Å².